The van der Waals surface area contributed by atoms with Gasteiger partial charge in [-0.2, -0.15) is 0 Å². The number of nitrogens with one attached hydrogen (secondary N) is 1. The Labute approximate surface area is 127 Å². The summed E-state index contributed by atoms with van der Waals surface area (Å²) in [4.78, 5) is 4.91. The Morgan fingerprint density at radius 3 is 2.75 bits per heavy atom. The average molecular weight is 296 g/mol. The zero-order valence-corrected chi connectivity index (χ0v) is 13.5. The first kappa shape index (κ1) is 15.8. The van der Waals surface area contributed by atoms with Gasteiger partial charge in [0.2, 0.25) is 0 Å². The van der Waals surface area contributed by atoms with Crippen molar-refractivity contribution in [3.05, 3.63) is 34.9 Å². The van der Waals surface area contributed by atoms with Crippen LogP contribution in [0.15, 0.2) is 24.3 Å². The van der Waals surface area contributed by atoms with Crippen molar-refractivity contribution in [1.82, 2.24) is 15.1 Å². The lowest BCUT2D eigenvalue weighted by Gasteiger charge is -2.39. The summed E-state index contributed by atoms with van der Waals surface area (Å²) in [7, 11) is 6.50. The Morgan fingerprint density at radius 2 is 2.05 bits per heavy atom. The summed E-state index contributed by atoms with van der Waals surface area (Å²) in [6.07, 6.45) is 2.15. The molecule has 1 saturated heterocycles. The van der Waals surface area contributed by atoms with Crippen LogP contribution in [0, 0.1) is 0 Å². The molecule has 1 fully saturated rings. The largest absolute Gasteiger partial charge is 0.317 e. The van der Waals surface area contributed by atoms with E-state index in [9.17, 15) is 0 Å². The number of likely N-dealkylation sites (N-methyl/N-ethyl adjacent to an activating group) is 3. The Kier molecular flexibility index (Phi) is 5.85. The van der Waals surface area contributed by atoms with E-state index in [0.29, 0.717) is 12.1 Å². The molecule has 3 nitrogen and oxygen atoms in total. The summed E-state index contributed by atoms with van der Waals surface area (Å²) < 4.78 is 0. The Bertz CT molecular complexity index is 424. The predicted octanol–water partition coefficient (Wildman–Crippen LogP) is 2.11. The van der Waals surface area contributed by atoms with E-state index in [0.717, 1.165) is 31.0 Å². The van der Waals surface area contributed by atoms with Gasteiger partial charge in [-0.05, 0) is 45.6 Å². The fourth-order valence-corrected chi connectivity index (χ4v) is 3.13. The van der Waals surface area contributed by atoms with Crippen molar-refractivity contribution in [3.8, 4) is 0 Å². The van der Waals surface area contributed by atoms with Gasteiger partial charge in [0.1, 0.15) is 0 Å². The molecule has 0 aliphatic carbocycles. The first-order chi connectivity index (χ1) is 9.60. The van der Waals surface area contributed by atoms with Crippen LogP contribution < -0.4 is 5.32 Å². The van der Waals surface area contributed by atoms with Crippen molar-refractivity contribution in [1.29, 1.82) is 0 Å². The van der Waals surface area contributed by atoms with Crippen LogP contribution in [-0.4, -0.2) is 62.7 Å². The van der Waals surface area contributed by atoms with Crippen LogP contribution in [0.5, 0.6) is 0 Å². The van der Waals surface area contributed by atoms with Crippen molar-refractivity contribution in [3.63, 3.8) is 0 Å². The van der Waals surface area contributed by atoms with Gasteiger partial charge in [-0.15, -0.1) is 0 Å². The second-order valence-electron chi connectivity index (χ2n) is 5.91. The van der Waals surface area contributed by atoms with Gasteiger partial charge in [-0.1, -0.05) is 29.8 Å². The lowest BCUT2D eigenvalue weighted by atomic mass is 9.97. The smallest absolute Gasteiger partial charge is 0.0438 e. The van der Waals surface area contributed by atoms with Gasteiger partial charge in [0.05, 0.1) is 0 Å². The summed E-state index contributed by atoms with van der Waals surface area (Å²) in [5, 5.41) is 4.33. The molecule has 0 radical (unpaired) electrons. The summed E-state index contributed by atoms with van der Waals surface area (Å²) in [6.45, 7) is 3.47. The van der Waals surface area contributed by atoms with Crippen molar-refractivity contribution in [2.24, 2.45) is 0 Å². The van der Waals surface area contributed by atoms with E-state index in [2.05, 4.69) is 41.3 Å². The van der Waals surface area contributed by atoms with E-state index >= 15 is 0 Å². The second-order valence-corrected chi connectivity index (χ2v) is 6.32. The van der Waals surface area contributed by atoms with Crippen LogP contribution in [0.4, 0.5) is 0 Å². The highest BCUT2D eigenvalue weighted by Crippen LogP contribution is 2.19. The molecule has 1 N–H and O–H groups in total. The average Bonchev–Trinajstić information content (AvgIpc) is 2.44. The number of benzene rings is 1. The minimum atomic E-state index is 0.467. The molecular formula is C16H26ClN3. The van der Waals surface area contributed by atoms with Gasteiger partial charge in [-0.3, -0.25) is 0 Å². The number of piperazine rings is 1. The standard InChI is InChI=1S/C16H26ClN3/c1-18-14(10-13-6-4-5-7-16(13)17)11-15-12-19(2)8-9-20(15)3/h4-7,14-15,18H,8-12H2,1-3H3. The van der Waals surface area contributed by atoms with Crippen LogP contribution >= 0.6 is 11.6 Å². The molecule has 2 unspecified atom stereocenters. The van der Waals surface area contributed by atoms with E-state index in [1.165, 1.54) is 12.1 Å². The van der Waals surface area contributed by atoms with E-state index < -0.39 is 0 Å². The Morgan fingerprint density at radius 1 is 1.30 bits per heavy atom. The summed E-state index contributed by atoms with van der Waals surface area (Å²) in [5.74, 6) is 0. The van der Waals surface area contributed by atoms with Gasteiger partial charge < -0.3 is 15.1 Å². The number of rotatable bonds is 5. The fourth-order valence-electron chi connectivity index (χ4n) is 2.92. The van der Waals surface area contributed by atoms with Crippen molar-refractivity contribution < 1.29 is 0 Å². The fraction of sp³-hybridized carbons (Fsp3) is 0.625. The van der Waals surface area contributed by atoms with Gasteiger partial charge in [-0.25, -0.2) is 0 Å². The molecule has 4 heteroatoms. The molecule has 0 bridgehead atoms. The number of hydrogen-bond donors (Lipinski definition) is 1. The van der Waals surface area contributed by atoms with Crippen LogP contribution in [0.3, 0.4) is 0 Å². The molecule has 0 saturated carbocycles. The molecule has 2 rings (SSSR count). The lowest BCUT2D eigenvalue weighted by Crippen LogP contribution is -2.52. The van der Waals surface area contributed by atoms with Crippen LogP contribution in [-0.2, 0) is 6.42 Å². The van der Waals surface area contributed by atoms with E-state index in [4.69, 9.17) is 11.6 Å². The normalized spacial score (nSPS) is 22.9. The SMILES string of the molecule is CNC(Cc1ccccc1Cl)CC1CN(C)CCN1C. The third-order valence-corrected chi connectivity index (χ3v) is 4.74. The quantitative estimate of drug-likeness (QED) is 0.897. The zero-order valence-electron chi connectivity index (χ0n) is 12.8. The van der Waals surface area contributed by atoms with E-state index in [-0.39, 0.29) is 0 Å². The zero-order chi connectivity index (χ0) is 14.5. The highest BCUT2D eigenvalue weighted by molar-refractivity contribution is 6.31. The van der Waals surface area contributed by atoms with E-state index in [1.807, 2.05) is 19.2 Å². The van der Waals surface area contributed by atoms with Gasteiger partial charge in [0.25, 0.3) is 0 Å². The minimum Gasteiger partial charge on any atom is -0.317 e. The van der Waals surface area contributed by atoms with Crippen molar-refractivity contribution in [2.75, 3.05) is 40.8 Å². The Balaban J connectivity index is 1.96. The third-order valence-electron chi connectivity index (χ3n) is 4.37. The first-order valence-electron chi connectivity index (χ1n) is 7.39. The summed E-state index contributed by atoms with van der Waals surface area (Å²) >= 11 is 6.27. The Hall–Kier alpha value is -0.610. The maximum Gasteiger partial charge on any atom is 0.0438 e. The third kappa shape index (κ3) is 4.19. The summed E-state index contributed by atoms with van der Waals surface area (Å²) in [5.41, 5.74) is 1.24. The van der Waals surface area contributed by atoms with Crippen molar-refractivity contribution >= 4 is 11.6 Å². The van der Waals surface area contributed by atoms with Crippen molar-refractivity contribution in [2.45, 2.75) is 24.9 Å². The lowest BCUT2D eigenvalue weighted by molar-refractivity contribution is 0.102. The molecular weight excluding hydrogens is 270 g/mol. The molecule has 1 heterocycles. The molecule has 1 aliphatic heterocycles. The summed E-state index contributed by atoms with van der Waals surface area (Å²) in [6, 6.07) is 9.24. The first-order valence-corrected chi connectivity index (χ1v) is 7.77. The molecule has 112 valence electrons. The molecule has 20 heavy (non-hydrogen) atoms. The topological polar surface area (TPSA) is 18.5 Å². The van der Waals surface area contributed by atoms with Crippen LogP contribution in [0.1, 0.15) is 12.0 Å². The molecule has 1 aromatic carbocycles. The van der Waals surface area contributed by atoms with E-state index in [1.54, 1.807) is 0 Å². The van der Waals surface area contributed by atoms with Crippen LogP contribution in [0.2, 0.25) is 5.02 Å². The minimum absolute atomic E-state index is 0.467. The molecule has 0 aromatic heterocycles. The molecule has 1 aliphatic rings. The predicted molar refractivity (Wildman–Crippen MR) is 86.5 cm³/mol. The maximum absolute atomic E-state index is 6.27. The van der Waals surface area contributed by atoms with Gasteiger partial charge in [0, 0.05) is 36.7 Å². The maximum atomic E-state index is 6.27. The highest BCUT2D eigenvalue weighted by Gasteiger charge is 2.25. The number of nitrogens with zero attached hydrogens (tertiary/aromatic N) is 2. The molecule has 0 amide bonds. The van der Waals surface area contributed by atoms with Crippen LogP contribution in [0.25, 0.3) is 0 Å². The molecule has 0 spiro atoms. The molecule has 2 atom stereocenters. The monoisotopic (exact) mass is 295 g/mol. The highest BCUT2D eigenvalue weighted by atomic mass is 35.5. The second kappa shape index (κ2) is 7.41. The number of hydrogen-bond acceptors (Lipinski definition) is 3. The van der Waals surface area contributed by atoms with Gasteiger partial charge >= 0.3 is 0 Å². The van der Waals surface area contributed by atoms with Gasteiger partial charge in [0.15, 0.2) is 0 Å². The molecule has 1 aromatic rings. The number of halogens is 1.